The second kappa shape index (κ2) is 9.02. The van der Waals surface area contributed by atoms with E-state index in [2.05, 4.69) is 5.32 Å². The quantitative estimate of drug-likeness (QED) is 0.687. The van der Waals surface area contributed by atoms with E-state index in [-0.39, 0.29) is 27.7 Å². The summed E-state index contributed by atoms with van der Waals surface area (Å²) in [6.45, 7) is 6.14. The van der Waals surface area contributed by atoms with Crippen molar-refractivity contribution >= 4 is 15.9 Å². The smallest absolute Gasteiger partial charge is 0.264 e. The number of hydroxylamine groups is 1. The number of benzene rings is 2. The van der Waals surface area contributed by atoms with Crippen LogP contribution in [0.2, 0.25) is 0 Å². The molecule has 0 aromatic heterocycles. The first-order valence-electron chi connectivity index (χ1n) is 9.13. The summed E-state index contributed by atoms with van der Waals surface area (Å²) < 4.78 is 38.9. The van der Waals surface area contributed by atoms with Gasteiger partial charge in [0.25, 0.3) is 15.9 Å². The van der Waals surface area contributed by atoms with Gasteiger partial charge in [-0.15, -0.1) is 0 Å². The Morgan fingerprint density at radius 1 is 1.17 bits per heavy atom. The van der Waals surface area contributed by atoms with Crippen molar-refractivity contribution in [1.82, 2.24) is 9.79 Å². The van der Waals surface area contributed by atoms with Crippen LogP contribution < -0.4 is 5.32 Å². The lowest BCUT2D eigenvalue weighted by Crippen LogP contribution is -2.31. The molecule has 0 heterocycles. The lowest BCUT2D eigenvalue weighted by molar-refractivity contribution is -0.0258. The molecule has 6 nitrogen and oxygen atoms in total. The van der Waals surface area contributed by atoms with Crippen molar-refractivity contribution in [3.8, 4) is 0 Å². The topological polar surface area (TPSA) is 75.7 Å². The molecule has 0 aliphatic carbocycles. The number of amides is 1. The van der Waals surface area contributed by atoms with Gasteiger partial charge in [0.1, 0.15) is 5.82 Å². The van der Waals surface area contributed by atoms with Gasteiger partial charge >= 0.3 is 0 Å². The Kier molecular flexibility index (Phi) is 7.15. The minimum Gasteiger partial charge on any atom is -0.345 e. The molecule has 29 heavy (non-hydrogen) atoms. The third-order valence-corrected chi connectivity index (χ3v) is 6.06. The molecule has 2 rings (SSSR count). The Balaban J connectivity index is 2.32. The number of rotatable bonds is 7. The highest BCUT2D eigenvalue weighted by Gasteiger charge is 2.25. The van der Waals surface area contributed by atoms with Gasteiger partial charge in [0, 0.05) is 12.6 Å². The maximum absolute atomic E-state index is 13.3. The Bertz CT molecular complexity index is 953. The standard InChI is InChI=1S/C21H27FN2O4S/c1-21(2,3)14-19(15-9-11-17(22)12-10-15)23-20(25)16-7-6-8-18(13-16)29(26,27)24(4)28-5/h6-13,19H,14H2,1-5H3,(H,23,25)/t19-/m0/s1. The number of sulfonamides is 1. The normalized spacial score (nSPS) is 13.3. The third kappa shape index (κ3) is 6.09. The minimum atomic E-state index is -3.87. The molecule has 2 aromatic carbocycles. The van der Waals surface area contributed by atoms with Crippen LogP contribution in [-0.4, -0.2) is 33.0 Å². The second-order valence-electron chi connectivity index (χ2n) is 7.97. The summed E-state index contributed by atoms with van der Waals surface area (Å²) in [4.78, 5) is 17.6. The number of nitrogens with one attached hydrogen (secondary N) is 1. The Hall–Kier alpha value is -2.29. The zero-order chi connectivity index (χ0) is 21.8. The van der Waals surface area contributed by atoms with E-state index < -0.39 is 15.9 Å². The number of halogens is 1. The molecule has 1 amide bonds. The Labute approximate surface area is 171 Å². The second-order valence-corrected chi connectivity index (χ2v) is 9.90. The molecule has 0 saturated heterocycles. The van der Waals surface area contributed by atoms with Gasteiger partial charge < -0.3 is 5.32 Å². The summed E-state index contributed by atoms with van der Waals surface area (Å²) in [7, 11) is -1.35. The van der Waals surface area contributed by atoms with Crippen molar-refractivity contribution in [3.63, 3.8) is 0 Å². The van der Waals surface area contributed by atoms with Crippen LogP contribution in [0.3, 0.4) is 0 Å². The molecule has 1 N–H and O–H groups in total. The minimum absolute atomic E-state index is 0.0522. The lowest BCUT2D eigenvalue weighted by atomic mass is 9.85. The van der Waals surface area contributed by atoms with Gasteiger partial charge in [0.2, 0.25) is 0 Å². The number of hydrogen-bond donors (Lipinski definition) is 1. The van der Waals surface area contributed by atoms with Crippen molar-refractivity contribution < 1.29 is 22.4 Å². The number of nitrogens with zero attached hydrogens (tertiary/aromatic N) is 1. The molecule has 0 bridgehead atoms. The van der Waals surface area contributed by atoms with E-state index in [4.69, 9.17) is 4.84 Å². The van der Waals surface area contributed by atoms with E-state index in [9.17, 15) is 17.6 Å². The average molecular weight is 423 g/mol. The molecule has 8 heteroatoms. The fourth-order valence-corrected chi connectivity index (χ4v) is 3.87. The maximum Gasteiger partial charge on any atom is 0.264 e. The van der Waals surface area contributed by atoms with Crippen molar-refractivity contribution in [2.45, 2.75) is 38.1 Å². The summed E-state index contributed by atoms with van der Waals surface area (Å²) in [6.07, 6.45) is 0.620. The summed E-state index contributed by atoms with van der Waals surface area (Å²) in [5, 5.41) is 2.95. The Morgan fingerprint density at radius 3 is 2.34 bits per heavy atom. The first-order chi connectivity index (χ1) is 13.4. The van der Waals surface area contributed by atoms with Crippen LogP contribution in [0.4, 0.5) is 4.39 Å². The van der Waals surface area contributed by atoms with Gasteiger partial charge in [-0.3, -0.25) is 9.63 Å². The van der Waals surface area contributed by atoms with E-state index in [0.29, 0.717) is 6.42 Å². The largest absolute Gasteiger partial charge is 0.345 e. The average Bonchev–Trinajstić information content (AvgIpc) is 2.66. The molecular weight excluding hydrogens is 395 g/mol. The van der Waals surface area contributed by atoms with Crippen LogP contribution in [0.5, 0.6) is 0 Å². The lowest BCUT2D eigenvalue weighted by Gasteiger charge is -2.27. The first-order valence-corrected chi connectivity index (χ1v) is 10.6. The van der Waals surface area contributed by atoms with Gasteiger partial charge in [-0.1, -0.05) is 43.4 Å². The highest BCUT2D eigenvalue weighted by atomic mass is 32.2. The summed E-state index contributed by atoms with van der Waals surface area (Å²) in [6, 6.07) is 11.4. The van der Waals surface area contributed by atoms with Gasteiger partial charge in [0.05, 0.1) is 18.0 Å². The number of carbonyl (C=O) groups is 1. The fourth-order valence-electron chi connectivity index (χ4n) is 2.85. The van der Waals surface area contributed by atoms with Crippen molar-refractivity contribution in [2.24, 2.45) is 5.41 Å². The van der Waals surface area contributed by atoms with Crippen LogP contribution in [-0.2, 0) is 14.9 Å². The molecule has 158 valence electrons. The maximum atomic E-state index is 13.3. The van der Waals surface area contributed by atoms with Crippen LogP contribution in [0.1, 0.15) is 49.2 Å². The van der Waals surface area contributed by atoms with Crippen LogP contribution in [0.15, 0.2) is 53.4 Å². The Morgan fingerprint density at radius 2 is 1.79 bits per heavy atom. The molecule has 0 saturated carbocycles. The molecule has 0 radical (unpaired) electrons. The predicted octanol–water partition coefficient (Wildman–Crippen LogP) is 3.91. The molecule has 0 aliphatic rings. The highest BCUT2D eigenvalue weighted by molar-refractivity contribution is 7.89. The summed E-state index contributed by atoms with van der Waals surface area (Å²) in [5.41, 5.74) is 0.882. The van der Waals surface area contributed by atoms with Crippen LogP contribution in [0, 0.1) is 11.2 Å². The molecule has 1 atom stereocenters. The molecule has 0 aliphatic heterocycles. The summed E-state index contributed by atoms with van der Waals surface area (Å²) >= 11 is 0. The van der Waals surface area contributed by atoms with E-state index >= 15 is 0 Å². The zero-order valence-electron chi connectivity index (χ0n) is 17.3. The molecule has 0 fully saturated rings. The molecule has 0 spiro atoms. The van der Waals surface area contributed by atoms with Gasteiger partial charge in [0.15, 0.2) is 0 Å². The van der Waals surface area contributed by atoms with Gasteiger partial charge in [-0.05, 0) is 47.7 Å². The summed E-state index contributed by atoms with van der Waals surface area (Å²) in [5.74, 6) is -0.768. The highest BCUT2D eigenvalue weighted by Crippen LogP contribution is 2.30. The predicted molar refractivity (Wildman–Crippen MR) is 109 cm³/mol. The number of carbonyl (C=O) groups excluding carboxylic acids is 1. The van der Waals surface area contributed by atoms with E-state index in [1.54, 1.807) is 18.2 Å². The zero-order valence-corrected chi connectivity index (χ0v) is 18.1. The van der Waals surface area contributed by atoms with Gasteiger partial charge in [-0.2, -0.15) is 0 Å². The molecular formula is C21H27FN2O4S. The molecule has 2 aromatic rings. The van der Waals surface area contributed by atoms with E-state index in [1.165, 1.54) is 44.5 Å². The first kappa shape index (κ1) is 23.0. The monoisotopic (exact) mass is 422 g/mol. The van der Waals surface area contributed by atoms with Crippen molar-refractivity contribution in [3.05, 3.63) is 65.5 Å². The van der Waals surface area contributed by atoms with Gasteiger partial charge in [-0.25, -0.2) is 12.8 Å². The fraction of sp³-hybridized carbons (Fsp3) is 0.381. The number of hydrogen-bond acceptors (Lipinski definition) is 4. The van der Waals surface area contributed by atoms with E-state index in [0.717, 1.165) is 10.0 Å². The van der Waals surface area contributed by atoms with Crippen LogP contribution in [0.25, 0.3) is 0 Å². The van der Waals surface area contributed by atoms with Crippen molar-refractivity contribution in [2.75, 3.05) is 14.2 Å². The SMILES string of the molecule is CON(C)S(=O)(=O)c1cccc(C(=O)N[C@@H](CC(C)(C)C)c2ccc(F)cc2)c1. The van der Waals surface area contributed by atoms with Crippen molar-refractivity contribution in [1.29, 1.82) is 0 Å². The van der Waals surface area contributed by atoms with E-state index in [1.807, 2.05) is 20.8 Å². The third-order valence-electron chi connectivity index (χ3n) is 4.38. The molecule has 0 unspecified atom stereocenters. The van der Waals surface area contributed by atoms with Crippen LogP contribution >= 0.6 is 0 Å².